The second kappa shape index (κ2) is 10.0. The molecular formula is C19H28N2O4. The molecule has 0 radical (unpaired) electrons. The van der Waals surface area contributed by atoms with E-state index in [1.54, 1.807) is 12.0 Å². The van der Waals surface area contributed by atoms with E-state index >= 15 is 0 Å². The van der Waals surface area contributed by atoms with Crippen molar-refractivity contribution < 1.29 is 19.4 Å². The lowest BCUT2D eigenvalue weighted by atomic mass is 9.86. The van der Waals surface area contributed by atoms with Gasteiger partial charge in [-0.1, -0.05) is 30.3 Å². The molecule has 6 nitrogen and oxygen atoms in total. The summed E-state index contributed by atoms with van der Waals surface area (Å²) in [6.07, 6.45) is 3.49. The molecule has 2 N–H and O–H groups in total. The average molecular weight is 348 g/mol. The van der Waals surface area contributed by atoms with E-state index in [9.17, 15) is 9.59 Å². The van der Waals surface area contributed by atoms with Crippen LogP contribution in [0.5, 0.6) is 0 Å². The molecule has 1 aliphatic rings. The number of benzene rings is 1. The maximum absolute atomic E-state index is 12.6. The van der Waals surface area contributed by atoms with Crippen LogP contribution >= 0.6 is 0 Å². The third-order valence-corrected chi connectivity index (χ3v) is 4.77. The van der Waals surface area contributed by atoms with Gasteiger partial charge >= 0.3 is 12.0 Å². The number of hydrogen-bond acceptors (Lipinski definition) is 3. The third-order valence-electron chi connectivity index (χ3n) is 4.77. The van der Waals surface area contributed by atoms with Crippen molar-refractivity contribution in [3.8, 4) is 0 Å². The smallest absolute Gasteiger partial charge is 0.317 e. The first-order valence-corrected chi connectivity index (χ1v) is 8.91. The van der Waals surface area contributed by atoms with E-state index in [0.717, 1.165) is 19.3 Å². The number of amides is 2. The van der Waals surface area contributed by atoms with Gasteiger partial charge in [-0.25, -0.2) is 4.79 Å². The fraction of sp³-hybridized carbons (Fsp3) is 0.579. The number of rotatable bonds is 8. The Labute approximate surface area is 149 Å². The Morgan fingerprint density at radius 3 is 2.44 bits per heavy atom. The van der Waals surface area contributed by atoms with Gasteiger partial charge in [-0.15, -0.1) is 0 Å². The molecule has 1 fully saturated rings. The zero-order valence-electron chi connectivity index (χ0n) is 14.8. The Balaban J connectivity index is 1.84. The van der Waals surface area contributed by atoms with Crippen molar-refractivity contribution in [2.24, 2.45) is 5.92 Å². The quantitative estimate of drug-likeness (QED) is 0.757. The summed E-state index contributed by atoms with van der Waals surface area (Å²) in [5.74, 6) is -0.995. The predicted molar refractivity (Wildman–Crippen MR) is 95.5 cm³/mol. The van der Waals surface area contributed by atoms with Crippen LogP contribution in [0.3, 0.4) is 0 Å². The van der Waals surface area contributed by atoms with Gasteiger partial charge in [0.2, 0.25) is 0 Å². The van der Waals surface area contributed by atoms with Gasteiger partial charge in [0.1, 0.15) is 0 Å². The number of carbonyl (C=O) groups is 2. The number of hydrogen-bond donors (Lipinski definition) is 2. The van der Waals surface area contributed by atoms with Crippen LogP contribution in [0.25, 0.3) is 0 Å². The molecule has 0 heterocycles. The Bertz CT molecular complexity index is 542. The van der Waals surface area contributed by atoms with Gasteiger partial charge in [-0.05, 0) is 37.7 Å². The Morgan fingerprint density at radius 2 is 1.84 bits per heavy atom. The molecule has 0 atom stereocenters. The lowest BCUT2D eigenvalue weighted by molar-refractivity contribution is -0.142. The number of methoxy groups -OCH3 is 1. The van der Waals surface area contributed by atoms with Crippen LogP contribution in [-0.2, 0) is 16.0 Å². The van der Waals surface area contributed by atoms with Gasteiger partial charge in [0.25, 0.3) is 0 Å². The molecule has 0 saturated heterocycles. The number of carboxylic acids is 1. The van der Waals surface area contributed by atoms with Crippen molar-refractivity contribution in [2.75, 3.05) is 26.8 Å². The Kier molecular flexibility index (Phi) is 7.73. The highest BCUT2D eigenvalue weighted by molar-refractivity contribution is 5.74. The molecule has 0 aliphatic heterocycles. The maximum atomic E-state index is 12.6. The number of aliphatic carboxylic acids is 1. The van der Waals surface area contributed by atoms with E-state index in [-0.39, 0.29) is 18.0 Å². The summed E-state index contributed by atoms with van der Waals surface area (Å²) in [6, 6.07) is 10.0. The van der Waals surface area contributed by atoms with Crippen LogP contribution in [-0.4, -0.2) is 54.9 Å². The number of nitrogens with zero attached hydrogens (tertiary/aromatic N) is 1. The molecule has 0 aromatic heterocycles. The summed E-state index contributed by atoms with van der Waals surface area (Å²) in [4.78, 5) is 25.4. The van der Waals surface area contributed by atoms with E-state index in [1.807, 2.05) is 18.2 Å². The first-order chi connectivity index (χ1) is 12.1. The zero-order valence-corrected chi connectivity index (χ0v) is 14.8. The summed E-state index contributed by atoms with van der Waals surface area (Å²) in [5.41, 5.74) is 1.19. The van der Waals surface area contributed by atoms with Gasteiger partial charge in [-0.3, -0.25) is 4.79 Å². The largest absolute Gasteiger partial charge is 0.481 e. The molecular weight excluding hydrogens is 320 g/mol. The molecule has 0 bridgehead atoms. The summed E-state index contributed by atoms with van der Waals surface area (Å²) in [7, 11) is 1.63. The van der Waals surface area contributed by atoms with Crippen LogP contribution in [0.15, 0.2) is 30.3 Å². The average Bonchev–Trinajstić information content (AvgIpc) is 2.63. The minimum absolute atomic E-state index is 0.0601. The summed E-state index contributed by atoms with van der Waals surface area (Å²) < 4.78 is 5.12. The highest BCUT2D eigenvalue weighted by Crippen LogP contribution is 2.24. The normalized spacial score (nSPS) is 20.0. The van der Waals surface area contributed by atoms with Crippen LogP contribution in [0.1, 0.15) is 31.2 Å². The number of carbonyl (C=O) groups excluding carboxylic acids is 1. The summed E-state index contributed by atoms with van der Waals surface area (Å²) in [5, 5.41) is 12.1. The van der Waals surface area contributed by atoms with Gasteiger partial charge in [0.15, 0.2) is 0 Å². The SMILES string of the molecule is COCCN(CCc1ccccc1)C(=O)NC1CCC(C(=O)O)CC1. The number of carboxylic acid groups (broad SMARTS) is 1. The minimum atomic E-state index is -0.727. The van der Waals surface area contributed by atoms with Crippen LogP contribution in [0, 0.1) is 5.92 Å². The van der Waals surface area contributed by atoms with Crippen LogP contribution in [0.4, 0.5) is 4.79 Å². The number of nitrogens with one attached hydrogen (secondary N) is 1. The van der Waals surface area contributed by atoms with E-state index in [4.69, 9.17) is 9.84 Å². The van der Waals surface area contributed by atoms with Crippen molar-refractivity contribution in [2.45, 2.75) is 38.1 Å². The summed E-state index contributed by atoms with van der Waals surface area (Å²) in [6.45, 7) is 1.66. The fourth-order valence-corrected chi connectivity index (χ4v) is 3.18. The van der Waals surface area contributed by atoms with Crippen molar-refractivity contribution in [3.63, 3.8) is 0 Å². The van der Waals surface area contributed by atoms with Crippen molar-refractivity contribution >= 4 is 12.0 Å². The highest BCUT2D eigenvalue weighted by atomic mass is 16.5. The lowest BCUT2D eigenvalue weighted by Gasteiger charge is -2.30. The topological polar surface area (TPSA) is 78.9 Å². The molecule has 1 saturated carbocycles. The second-order valence-electron chi connectivity index (χ2n) is 6.55. The molecule has 0 spiro atoms. The second-order valence-corrected chi connectivity index (χ2v) is 6.55. The summed E-state index contributed by atoms with van der Waals surface area (Å²) >= 11 is 0. The molecule has 138 valence electrons. The maximum Gasteiger partial charge on any atom is 0.317 e. The van der Waals surface area contributed by atoms with Gasteiger partial charge in [0.05, 0.1) is 12.5 Å². The minimum Gasteiger partial charge on any atom is -0.481 e. The van der Waals surface area contributed by atoms with Crippen molar-refractivity contribution in [1.29, 1.82) is 0 Å². The molecule has 1 aromatic carbocycles. The van der Waals surface area contributed by atoms with E-state index < -0.39 is 5.97 Å². The predicted octanol–water partition coefficient (Wildman–Crippen LogP) is 2.53. The zero-order chi connectivity index (χ0) is 18.1. The highest BCUT2D eigenvalue weighted by Gasteiger charge is 2.27. The Morgan fingerprint density at radius 1 is 1.16 bits per heavy atom. The molecule has 2 amide bonds. The monoisotopic (exact) mass is 348 g/mol. The first-order valence-electron chi connectivity index (χ1n) is 8.91. The van der Waals surface area contributed by atoms with Crippen LogP contribution < -0.4 is 5.32 Å². The van der Waals surface area contributed by atoms with E-state index in [1.165, 1.54) is 5.56 Å². The number of ether oxygens (including phenoxy) is 1. The van der Waals surface area contributed by atoms with Crippen LogP contribution in [0.2, 0.25) is 0 Å². The Hall–Kier alpha value is -2.08. The molecule has 2 rings (SSSR count). The molecule has 0 unspecified atom stereocenters. The standard InChI is InChI=1S/C19H28N2O4/c1-25-14-13-21(12-11-15-5-3-2-4-6-15)19(24)20-17-9-7-16(8-10-17)18(22)23/h2-6,16-17H,7-14H2,1H3,(H,20,24)(H,22,23). The third kappa shape index (κ3) is 6.38. The molecule has 1 aromatic rings. The molecule has 1 aliphatic carbocycles. The fourth-order valence-electron chi connectivity index (χ4n) is 3.18. The van der Waals surface area contributed by atoms with Crippen molar-refractivity contribution in [3.05, 3.63) is 35.9 Å². The lowest BCUT2D eigenvalue weighted by Crippen LogP contribution is -2.48. The number of urea groups is 1. The van der Waals surface area contributed by atoms with Gasteiger partial charge < -0.3 is 20.1 Å². The molecule has 25 heavy (non-hydrogen) atoms. The van der Waals surface area contributed by atoms with Gasteiger partial charge in [0, 0.05) is 26.2 Å². The molecule has 6 heteroatoms. The van der Waals surface area contributed by atoms with Gasteiger partial charge in [-0.2, -0.15) is 0 Å². The van der Waals surface area contributed by atoms with E-state index in [0.29, 0.717) is 32.5 Å². The first kappa shape index (κ1) is 19.2. The van der Waals surface area contributed by atoms with Crippen molar-refractivity contribution in [1.82, 2.24) is 10.2 Å². The van der Waals surface area contributed by atoms with E-state index in [2.05, 4.69) is 17.4 Å².